The minimum Gasteiger partial charge on any atom is -0.756 e. The molecule has 0 saturated heterocycles. The summed E-state index contributed by atoms with van der Waals surface area (Å²) >= 11 is 0. The van der Waals surface area contributed by atoms with E-state index < -0.39 is 51.3 Å². The monoisotopic (exact) mass is 862 g/mol. The molecule has 0 heterocycles. The summed E-state index contributed by atoms with van der Waals surface area (Å²) in [7, 11) is 0.939. The van der Waals surface area contributed by atoms with Gasteiger partial charge in [-0.1, -0.05) is 124 Å². The summed E-state index contributed by atoms with van der Waals surface area (Å²) in [6.07, 6.45) is 43.3. The number of nitrogens with zero attached hydrogens (tertiary/aromatic N) is 1. The molecule has 2 N–H and O–H groups in total. The van der Waals surface area contributed by atoms with Gasteiger partial charge in [-0.25, -0.2) is 0 Å². The van der Waals surface area contributed by atoms with Crippen LogP contribution in [0.5, 0.6) is 0 Å². The number of carbonyl (C=O) groups excluding carboxylic acids is 2. The number of quaternary nitrogens is 1. The largest absolute Gasteiger partial charge is 0.756 e. The van der Waals surface area contributed by atoms with Gasteiger partial charge < -0.3 is 38.1 Å². The van der Waals surface area contributed by atoms with Crippen molar-refractivity contribution in [3.8, 4) is 0 Å². The quantitative estimate of drug-likeness (QED) is 0.0202. The van der Waals surface area contributed by atoms with Crippen LogP contribution in [0.2, 0.25) is 0 Å². The molecular formula is C48H80NO10P. The van der Waals surface area contributed by atoms with E-state index >= 15 is 0 Å². The SMILES string of the molecule is CC/C=C\C/C=C\C/C=C\C/C=C\C[C@@H](O)[C@H](O)CCCC(=O)O[C@H](COC(=O)CCC/C=C\C/C=C\C/C=C\C/C=C\CCCCC)COP(=O)([O-])OCC[N+](C)(C)C. The molecule has 60 heavy (non-hydrogen) atoms. The van der Waals surface area contributed by atoms with Crippen molar-refractivity contribution in [2.24, 2.45) is 0 Å². The predicted octanol–water partition coefficient (Wildman–Crippen LogP) is 9.88. The molecule has 12 heteroatoms. The van der Waals surface area contributed by atoms with Crippen molar-refractivity contribution in [1.82, 2.24) is 0 Å². The third kappa shape index (κ3) is 40.3. The van der Waals surface area contributed by atoms with Crippen molar-refractivity contribution < 1.29 is 52.3 Å². The van der Waals surface area contributed by atoms with Gasteiger partial charge in [0, 0.05) is 12.8 Å². The fourth-order valence-corrected chi connectivity index (χ4v) is 5.93. The van der Waals surface area contributed by atoms with Crippen LogP contribution in [-0.2, 0) is 32.7 Å². The van der Waals surface area contributed by atoms with Crippen molar-refractivity contribution in [2.45, 2.75) is 148 Å². The van der Waals surface area contributed by atoms with Crippen LogP contribution in [0, 0.1) is 0 Å². The van der Waals surface area contributed by atoms with Gasteiger partial charge in [0.1, 0.15) is 19.8 Å². The topological polar surface area (TPSA) is 152 Å². The van der Waals surface area contributed by atoms with Crippen molar-refractivity contribution in [3.63, 3.8) is 0 Å². The lowest BCUT2D eigenvalue weighted by atomic mass is 10.0. The lowest BCUT2D eigenvalue weighted by molar-refractivity contribution is -0.870. The highest BCUT2D eigenvalue weighted by atomic mass is 31.2. The van der Waals surface area contributed by atoms with Crippen LogP contribution >= 0.6 is 7.82 Å². The molecule has 0 saturated carbocycles. The molecule has 0 aliphatic carbocycles. The maximum absolute atomic E-state index is 12.7. The predicted molar refractivity (Wildman–Crippen MR) is 243 cm³/mol. The normalized spacial score (nSPS) is 15.5. The molecule has 0 spiro atoms. The van der Waals surface area contributed by atoms with E-state index in [-0.39, 0.29) is 38.7 Å². The number of unbranched alkanes of at least 4 members (excludes halogenated alkanes) is 4. The Bertz CT molecular complexity index is 1380. The second kappa shape index (κ2) is 38.7. The van der Waals surface area contributed by atoms with E-state index in [0.717, 1.165) is 44.9 Å². The lowest BCUT2D eigenvalue weighted by Gasteiger charge is -2.28. The zero-order valence-electron chi connectivity index (χ0n) is 37.6. The Morgan fingerprint density at radius 2 is 1.12 bits per heavy atom. The maximum Gasteiger partial charge on any atom is 0.306 e. The number of phosphoric acid groups is 1. The number of hydrogen-bond acceptors (Lipinski definition) is 10. The van der Waals surface area contributed by atoms with Crippen LogP contribution in [0.25, 0.3) is 0 Å². The maximum atomic E-state index is 12.7. The Hall–Kier alpha value is -3.15. The summed E-state index contributed by atoms with van der Waals surface area (Å²) < 4.78 is 33.6. The molecule has 1 unspecified atom stereocenters. The number of allylic oxidation sites excluding steroid dienone is 15. The zero-order chi connectivity index (χ0) is 44.6. The molecule has 0 aromatic carbocycles. The Morgan fingerprint density at radius 3 is 1.65 bits per heavy atom. The molecule has 11 nitrogen and oxygen atoms in total. The van der Waals surface area contributed by atoms with Gasteiger partial charge in [-0.2, -0.15) is 0 Å². The van der Waals surface area contributed by atoms with Gasteiger partial charge in [-0.3, -0.25) is 14.2 Å². The van der Waals surface area contributed by atoms with Gasteiger partial charge in [0.05, 0.1) is 40.0 Å². The summed E-state index contributed by atoms with van der Waals surface area (Å²) in [6, 6.07) is 0. The van der Waals surface area contributed by atoms with E-state index in [0.29, 0.717) is 30.3 Å². The smallest absolute Gasteiger partial charge is 0.306 e. The first-order chi connectivity index (χ1) is 28.8. The van der Waals surface area contributed by atoms with Crippen LogP contribution in [0.1, 0.15) is 129 Å². The van der Waals surface area contributed by atoms with Crippen LogP contribution in [0.3, 0.4) is 0 Å². The number of hydrogen-bond donors (Lipinski definition) is 2. The molecule has 342 valence electrons. The molecular weight excluding hydrogens is 781 g/mol. The Balaban J connectivity index is 4.72. The number of esters is 2. The van der Waals surface area contributed by atoms with Gasteiger partial charge in [-0.05, 0) is 89.9 Å². The summed E-state index contributed by atoms with van der Waals surface area (Å²) in [5, 5.41) is 20.8. The first-order valence-electron chi connectivity index (χ1n) is 22.1. The molecule has 0 aliphatic rings. The van der Waals surface area contributed by atoms with Crippen LogP contribution < -0.4 is 4.89 Å². The van der Waals surface area contributed by atoms with Gasteiger partial charge in [0.25, 0.3) is 7.82 Å². The third-order valence-corrected chi connectivity index (χ3v) is 9.75. The number of aliphatic hydroxyl groups excluding tert-OH is 2. The molecule has 0 aromatic heterocycles. The number of rotatable bonds is 38. The zero-order valence-corrected chi connectivity index (χ0v) is 38.5. The second-order valence-corrected chi connectivity index (χ2v) is 17.0. The Kier molecular flexibility index (Phi) is 36.7. The molecule has 0 bridgehead atoms. The van der Waals surface area contributed by atoms with Gasteiger partial charge in [-0.15, -0.1) is 0 Å². The summed E-state index contributed by atoms with van der Waals surface area (Å²) in [6.45, 7) is 3.64. The summed E-state index contributed by atoms with van der Waals surface area (Å²) in [5.74, 6) is -1.20. The molecule has 0 aromatic rings. The molecule has 0 radical (unpaired) electrons. The summed E-state index contributed by atoms with van der Waals surface area (Å²) in [5.41, 5.74) is 0. The minimum atomic E-state index is -4.73. The number of aliphatic hydroxyl groups is 2. The highest BCUT2D eigenvalue weighted by Gasteiger charge is 2.22. The van der Waals surface area contributed by atoms with Crippen molar-refractivity contribution in [3.05, 3.63) is 97.2 Å². The second-order valence-electron chi connectivity index (χ2n) is 15.6. The molecule has 0 amide bonds. The average molecular weight is 862 g/mol. The van der Waals surface area contributed by atoms with Crippen molar-refractivity contribution >= 4 is 19.8 Å². The molecule has 0 aliphatic heterocycles. The average Bonchev–Trinajstić information content (AvgIpc) is 3.19. The van der Waals surface area contributed by atoms with Gasteiger partial charge in [0.15, 0.2) is 6.10 Å². The van der Waals surface area contributed by atoms with E-state index in [2.05, 4.69) is 80.7 Å². The number of ether oxygens (including phenoxy) is 2. The fourth-order valence-electron chi connectivity index (χ4n) is 5.20. The van der Waals surface area contributed by atoms with Gasteiger partial charge in [0.2, 0.25) is 0 Å². The first kappa shape index (κ1) is 56.9. The van der Waals surface area contributed by atoms with E-state index in [1.807, 2.05) is 51.5 Å². The molecule has 0 fully saturated rings. The van der Waals surface area contributed by atoms with E-state index in [9.17, 15) is 29.3 Å². The van der Waals surface area contributed by atoms with E-state index in [1.54, 1.807) is 0 Å². The summed E-state index contributed by atoms with van der Waals surface area (Å²) in [4.78, 5) is 37.6. The minimum absolute atomic E-state index is 0.0976. The number of likely N-dealkylation sites (N-methyl/N-ethyl adjacent to an activating group) is 1. The van der Waals surface area contributed by atoms with Crippen molar-refractivity contribution in [2.75, 3.05) is 47.5 Å². The first-order valence-corrected chi connectivity index (χ1v) is 23.6. The van der Waals surface area contributed by atoms with Crippen LogP contribution in [0.15, 0.2) is 97.2 Å². The number of carbonyl (C=O) groups is 2. The molecule has 4 atom stereocenters. The highest BCUT2D eigenvalue weighted by molar-refractivity contribution is 7.45. The molecule has 0 rings (SSSR count). The lowest BCUT2D eigenvalue weighted by Crippen LogP contribution is -2.37. The van der Waals surface area contributed by atoms with Crippen LogP contribution in [-0.4, -0.2) is 92.5 Å². The van der Waals surface area contributed by atoms with E-state index in [1.165, 1.54) is 19.3 Å². The third-order valence-electron chi connectivity index (χ3n) is 8.79. The van der Waals surface area contributed by atoms with Crippen molar-refractivity contribution in [1.29, 1.82) is 0 Å². The van der Waals surface area contributed by atoms with Gasteiger partial charge >= 0.3 is 11.9 Å². The van der Waals surface area contributed by atoms with Crippen LogP contribution in [0.4, 0.5) is 0 Å². The van der Waals surface area contributed by atoms with E-state index in [4.69, 9.17) is 18.5 Å². The Labute approximate surface area is 363 Å². The highest BCUT2D eigenvalue weighted by Crippen LogP contribution is 2.38. The Morgan fingerprint density at radius 1 is 0.617 bits per heavy atom. The standard InChI is InChI=1S/C48H80NO10P/c1-6-8-10-12-14-16-18-20-21-22-23-24-26-28-30-32-34-38-47(52)56-42-44(43-58-60(54,55)57-41-40-49(3,4)5)59-48(53)39-35-37-46(51)45(50)36-33-31-29-27-25-19-17-15-13-11-9-7-2/h9,11,14-17,20-21,23-25,27-28,30-31,33,44-46,50-51H,6-8,10,12-13,18-19,22,26,29,32,34-43H2,1-5H3/b11-9-,16-14-,17-15-,21-20-,24-23-,27-25-,30-28-,33-31-/t44-,45-,46-/m1/s1. The number of phosphoric ester groups is 1. The fraction of sp³-hybridized carbons (Fsp3) is 0.625.